The van der Waals surface area contributed by atoms with Gasteiger partial charge in [0.05, 0.1) is 0 Å². The zero-order valence-electron chi connectivity index (χ0n) is 7.16. The second-order valence-corrected chi connectivity index (χ2v) is 3.34. The third-order valence-electron chi connectivity index (χ3n) is 1.42. The Morgan fingerprint density at radius 2 is 1.64 bits per heavy atom. The minimum atomic E-state index is 0.393. The molecule has 0 fully saturated rings. The molecule has 0 spiro atoms. The van der Waals surface area contributed by atoms with Crippen molar-refractivity contribution in [1.29, 1.82) is 0 Å². The van der Waals surface area contributed by atoms with Crippen LogP contribution in [0.15, 0.2) is 41.0 Å². The molecular weight excluding hydrogens is 198 g/mol. The van der Waals surface area contributed by atoms with Crippen LogP contribution in [0, 0.1) is 0 Å². The summed E-state index contributed by atoms with van der Waals surface area (Å²) in [7, 11) is 0. The number of nitrogen functional groups attached to an aromatic ring is 1. The zero-order chi connectivity index (χ0) is 9.80. The number of nitrogens with zero attached hydrogens (tertiary/aromatic N) is 4. The summed E-state index contributed by atoms with van der Waals surface area (Å²) in [6, 6.07) is 1.75. The van der Waals surface area contributed by atoms with Crippen molar-refractivity contribution >= 4 is 17.6 Å². The molecule has 14 heavy (non-hydrogen) atoms. The van der Waals surface area contributed by atoms with Crippen LogP contribution in [0.3, 0.4) is 0 Å². The molecule has 0 bridgehead atoms. The fourth-order valence-corrected chi connectivity index (χ4v) is 1.51. The van der Waals surface area contributed by atoms with E-state index in [-0.39, 0.29) is 0 Å². The van der Waals surface area contributed by atoms with Gasteiger partial charge in [-0.3, -0.25) is 0 Å². The first-order valence-corrected chi connectivity index (χ1v) is 4.69. The molecule has 0 saturated carbocycles. The van der Waals surface area contributed by atoms with Crippen molar-refractivity contribution in [3.05, 3.63) is 30.9 Å². The van der Waals surface area contributed by atoms with Gasteiger partial charge in [-0.1, -0.05) is 0 Å². The Hall–Kier alpha value is -1.69. The lowest BCUT2D eigenvalue weighted by Gasteiger charge is -1.99. The van der Waals surface area contributed by atoms with E-state index in [4.69, 9.17) is 5.73 Å². The zero-order valence-corrected chi connectivity index (χ0v) is 7.98. The summed E-state index contributed by atoms with van der Waals surface area (Å²) in [6.07, 6.45) is 6.47. The van der Waals surface area contributed by atoms with E-state index in [1.165, 1.54) is 11.8 Å². The number of nitrogens with two attached hydrogens (primary N) is 1. The molecule has 0 saturated heterocycles. The van der Waals surface area contributed by atoms with E-state index in [2.05, 4.69) is 19.9 Å². The van der Waals surface area contributed by atoms with Gasteiger partial charge >= 0.3 is 0 Å². The summed E-state index contributed by atoms with van der Waals surface area (Å²) >= 11 is 1.29. The van der Waals surface area contributed by atoms with E-state index >= 15 is 0 Å². The first kappa shape index (κ1) is 8.89. The van der Waals surface area contributed by atoms with Crippen LogP contribution in [0.5, 0.6) is 0 Å². The maximum atomic E-state index is 5.62. The van der Waals surface area contributed by atoms with Crippen molar-refractivity contribution in [1.82, 2.24) is 19.9 Å². The SMILES string of the molecule is Nc1nccnc1Sc1ncccn1. The first-order chi connectivity index (χ1) is 6.86. The molecule has 2 aromatic heterocycles. The van der Waals surface area contributed by atoms with E-state index in [1.807, 2.05) is 0 Å². The Morgan fingerprint density at radius 1 is 0.929 bits per heavy atom. The van der Waals surface area contributed by atoms with Gasteiger partial charge in [0.1, 0.15) is 5.03 Å². The Balaban J connectivity index is 2.24. The van der Waals surface area contributed by atoms with Crippen molar-refractivity contribution < 1.29 is 0 Å². The van der Waals surface area contributed by atoms with Crippen LogP contribution < -0.4 is 5.73 Å². The van der Waals surface area contributed by atoms with Gasteiger partial charge in [-0.15, -0.1) is 0 Å². The third-order valence-corrected chi connectivity index (χ3v) is 2.32. The number of hydrogen-bond acceptors (Lipinski definition) is 6. The monoisotopic (exact) mass is 205 g/mol. The molecule has 2 N–H and O–H groups in total. The van der Waals surface area contributed by atoms with E-state index < -0.39 is 0 Å². The molecule has 2 rings (SSSR count). The van der Waals surface area contributed by atoms with Gasteiger partial charge in [0, 0.05) is 24.8 Å². The smallest absolute Gasteiger partial charge is 0.193 e. The molecule has 0 atom stereocenters. The van der Waals surface area contributed by atoms with E-state index in [0.29, 0.717) is 16.0 Å². The van der Waals surface area contributed by atoms with E-state index in [1.54, 1.807) is 30.9 Å². The largest absolute Gasteiger partial charge is 0.381 e. The number of rotatable bonds is 2. The van der Waals surface area contributed by atoms with Crippen LogP contribution in [0.2, 0.25) is 0 Å². The normalized spacial score (nSPS) is 10.0. The second kappa shape index (κ2) is 4.01. The van der Waals surface area contributed by atoms with Crippen LogP contribution in [0.25, 0.3) is 0 Å². The molecule has 0 amide bonds. The van der Waals surface area contributed by atoms with Crippen molar-refractivity contribution in [2.24, 2.45) is 0 Å². The van der Waals surface area contributed by atoms with Gasteiger partial charge in [0.15, 0.2) is 11.0 Å². The van der Waals surface area contributed by atoms with Crippen molar-refractivity contribution in [3.8, 4) is 0 Å². The Labute approximate surface area is 84.8 Å². The number of hydrogen-bond donors (Lipinski definition) is 1. The van der Waals surface area contributed by atoms with Crippen molar-refractivity contribution in [2.45, 2.75) is 10.2 Å². The fraction of sp³-hybridized carbons (Fsp3) is 0. The predicted molar refractivity (Wildman–Crippen MR) is 52.6 cm³/mol. The quantitative estimate of drug-likeness (QED) is 0.737. The molecule has 0 aliphatic heterocycles. The Bertz CT molecular complexity index is 419. The molecule has 0 aromatic carbocycles. The maximum Gasteiger partial charge on any atom is 0.193 e. The van der Waals surface area contributed by atoms with Gasteiger partial charge in [-0.25, -0.2) is 19.9 Å². The van der Waals surface area contributed by atoms with Crippen molar-refractivity contribution in [3.63, 3.8) is 0 Å². The molecule has 5 nitrogen and oxygen atoms in total. The van der Waals surface area contributed by atoms with Crippen LogP contribution in [-0.4, -0.2) is 19.9 Å². The van der Waals surface area contributed by atoms with E-state index in [0.717, 1.165) is 0 Å². The highest BCUT2D eigenvalue weighted by atomic mass is 32.2. The molecule has 6 heteroatoms. The fourth-order valence-electron chi connectivity index (χ4n) is 0.839. The lowest BCUT2D eigenvalue weighted by molar-refractivity contribution is 0.957. The third kappa shape index (κ3) is 1.97. The first-order valence-electron chi connectivity index (χ1n) is 3.87. The number of anilines is 1. The summed E-state index contributed by atoms with van der Waals surface area (Å²) in [5.74, 6) is 0.393. The number of aromatic nitrogens is 4. The Morgan fingerprint density at radius 3 is 2.36 bits per heavy atom. The highest BCUT2D eigenvalue weighted by molar-refractivity contribution is 7.99. The van der Waals surface area contributed by atoms with E-state index in [9.17, 15) is 0 Å². The highest BCUT2D eigenvalue weighted by Crippen LogP contribution is 2.24. The summed E-state index contributed by atoms with van der Waals surface area (Å²) < 4.78 is 0. The molecule has 0 radical (unpaired) electrons. The average Bonchev–Trinajstić information content (AvgIpc) is 2.23. The molecule has 70 valence electrons. The van der Waals surface area contributed by atoms with Crippen LogP contribution in [-0.2, 0) is 0 Å². The topological polar surface area (TPSA) is 77.6 Å². The van der Waals surface area contributed by atoms with Crippen LogP contribution >= 0.6 is 11.8 Å². The minimum absolute atomic E-state index is 0.393. The summed E-state index contributed by atoms with van der Waals surface area (Å²) in [5, 5.41) is 1.23. The summed E-state index contributed by atoms with van der Waals surface area (Å²) in [6.45, 7) is 0. The van der Waals surface area contributed by atoms with Crippen LogP contribution in [0.1, 0.15) is 0 Å². The predicted octanol–water partition coefficient (Wildman–Crippen LogP) is 1.000. The lowest BCUT2D eigenvalue weighted by Crippen LogP contribution is -1.95. The molecule has 0 aliphatic rings. The van der Waals surface area contributed by atoms with Gasteiger partial charge in [-0.05, 0) is 17.8 Å². The highest BCUT2D eigenvalue weighted by Gasteiger charge is 2.04. The average molecular weight is 205 g/mol. The van der Waals surface area contributed by atoms with Gasteiger partial charge < -0.3 is 5.73 Å². The molecule has 0 unspecified atom stereocenters. The van der Waals surface area contributed by atoms with Gasteiger partial charge in [0.2, 0.25) is 0 Å². The summed E-state index contributed by atoms with van der Waals surface area (Å²) in [5.41, 5.74) is 5.62. The standard InChI is InChI=1S/C8H7N5S/c9-6-7(11-5-4-10-6)14-8-12-2-1-3-13-8/h1-5H,(H2,9,10). The summed E-state index contributed by atoms with van der Waals surface area (Å²) in [4.78, 5) is 16.1. The molecule has 2 aromatic rings. The minimum Gasteiger partial charge on any atom is -0.381 e. The van der Waals surface area contributed by atoms with Crippen LogP contribution in [0.4, 0.5) is 5.82 Å². The molecule has 2 heterocycles. The Kier molecular flexibility index (Phi) is 2.55. The lowest BCUT2D eigenvalue weighted by atomic mass is 10.7. The van der Waals surface area contributed by atoms with Gasteiger partial charge in [0.25, 0.3) is 0 Å². The van der Waals surface area contributed by atoms with Crippen molar-refractivity contribution in [2.75, 3.05) is 5.73 Å². The molecular formula is C8H7N5S. The second-order valence-electron chi connectivity index (χ2n) is 2.38. The molecule has 0 aliphatic carbocycles. The van der Waals surface area contributed by atoms with Gasteiger partial charge in [-0.2, -0.15) is 0 Å². The maximum absolute atomic E-state index is 5.62.